The van der Waals surface area contributed by atoms with Gasteiger partial charge in [0.1, 0.15) is 0 Å². The fraction of sp³-hybridized carbons (Fsp3) is 0.238. The molecule has 2 fully saturated rings. The molecule has 2 aliphatic rings. The summed E-state index contributed by atoms with van der Waals surface area (Å²) in [5.41, 5.74) is 2.78. The SMILES string of the molecule is CSCC(CSC)c1ccc([C]2[CH][CH][CH][CH]2)cc1.[CH]1[CH][CH][CH][CH]1.[Fe+2]. The van der Waals surface area contributed by atoms with Crippen molar-refractivity contribution in [3.63, 3.8) is 0 Å². The molecule has 3 rings (SSSR count). The Labute approximate surface area is 169 Å². The molecule has 1 aromatic rings. The average molecular weight is 396 g/mol. The minimum absolute atomic E-state index is 0. The van der Waals surface area contributed by atoms with Gasteiger partial charge < -0.3 is 0 Å². The Kier molecular flexibility index (Phi) is 12.8. The second-order valence-corrected chi connectivity index (χ2v) is 7.19. The molecule has 0 heterocycles. The quantitative estimate of drug-likeness (QED) is 0.601. The van der Waals surface area contributed by atoms with E-state index in [1.807, 2.05) is 55.6 Å². The van der Waals surface area contributed by atoms with Crippen molar-refractivity contribution in [2.75, 3.05) is 24.0 Å². The molecular formula is C21H24FeS2+2. The molecular weight excluding hydrogens is 372 g/mol. The van der Waals surface area contributed by atoms with Crippen molar-refractivity contribution in [2.45, 2.75) is 5.92 Å². The topological polar surface area (TPSA) is 0 Å². The molecule has 3 heteroatoms. The van der Waals surface area contributed by atoms with Crippen LogP contribution in [-0.2, 0) is 17.1 Å². The Bertz CT molecular complexity index is 395. The third-order valence-electron chi connectivity index (χ3n) is 3.67. The predicted octanol–water partition coefficient (Wildman–Crippen LogP) is 5.27. The molecule has 126 valence electrons. The molecule has 0 saturated heterocycles. The summed E-state index contributed by atoms with van der Waals surface area (Å²) in [4.78, 5) is 0. The van der Waals surface area contributed by atoms with Crippen molar-refractivity contribution < 1.29 is 17.1 Å². The minimum atomic E-state index is 0. The molecule has 0 atom stereocenters. The summed E-state index contributed by atoms with van der Waals surface area (Å²) in [6.45, 7) is 0. The van der Waals surface area contributed by atoms with Crippen molar-refractivity contribution in [2.24, 2.45) is 0 Å². The van der Waals surface area contributed by atoms with E-state index in [4.69, 9.17) is 0 Å². The second kappa shape index (κ2) is 13.6. The number of hydrogen-bond acceptors (Lipinski definition) is 2. The van der Waals surface area contributed by atoms with E-state index in [2.05, 4.69) is 62.5 Å². The summed E-state index contributed by atoms with van der Waals surface area (Å²) < 4.78 is 0. The summed E-state index contributed by atoms with van der Waals surface area (Å²) in [5, 5.41) is 0. The molecule has 0 unspecified atom stereocenters. The largest absolute Gasteiger partial charge is 2.00 e. The Morgan fingerprint density at radius 1 is 0.708 bits per heavy atom. The van der Waals surface area contributed by atoms with Gasteiger partial charge in [-0.1, -0.05) is 24.3 Å². The number of benzene rings is 1. The molecule has 0 N–H and O–H groups in total. The molecule has 1 aromatic carbocycles. The van der Waals surface area contributed by atoms with Gasteiger partial charge in [-0.15, -0.1) is 0 Å². The molecule has 0 aliphatic heterocycles. The van der Waals surface area contributed by atoms with E-state index in [9.17, 15) is 0 Å². The Hall–Kier alpha value is 0.439. The number of thioether (sulfide) groups is 2. The molecule has 0 nitrogen and oxygen atoms in total. The summed E-state index contributed by atoms with van der Waals surface area (Å²) in [6.07, 6.45) is 22.9. The average Bonchev–Trinajstić information content (AvgIpc) is 3.31. The van der Waals surface area contributed by atoms with Gasteiger partial charge in [-0.05, 0) is 81.4 Å². The molecule has 2 aliphatic carbocycles. The third-order valence-corrected chi connectivity index (χ3v) is 5.14. The van der Waals surface area contributed by atoms with Crippen molar-refractivity contribution in [3.8, 4) is 0 Å². The Morgan fingerprint density at radius 3 is 1.58 bits per heavy atom. The smallest absolute Gasteiger partial charge is 0.165 e. The van der Waals surface area contributed by atoms with Crippen molar-refractivity contribution in [3.05, 3.63) is 99.1 Å². The standard InChI is InChI=1S/C16H19S2.C5H5.Fe/c1-17-11-16(12-18-2)15-9-7-14(8-10-15)13-5-3-4-6-13;1-2-4-5-3-1;/h3-10,16H,11-12H2,1-2H3;1-5H;/q;;+2. The normalized spacial score (nSPS) is 17.5. The van der Waals surface area contributed by atoms with Crippen LogP contribution in [0.5, 0.6) is 0 Å². The molecule has 10 radical (unpaired) electrons. The second-order valence-electron chi connectivity index (χ2n) is 5.37. The van der Waals surface area contributed by atoms with Gasteiger partial charge in [0.15, 0.2) is 0 Å². The van der Waals surface area contributed by atoms with Crippen molar-refractivity contribution >= 4 is 23.5 Å². The van der Waals surface area contributed by atoms with Crippen LogP contribution in [0.1, 0.15) is 17.0 Å². The number of hydrogen-bond donors (Lipinski definition) is 0. The van der Waals surface area contributed by atoms with E-state index in [0.29, 0.717) is 5.92 Å². The van der Waals surface area contributed by atoms with Gasteiger partial charge in [0.2, 0.25) is 0 Å². The third kappa shape index (κ3) is 7.77. The van der Waals surface area contributed by atoms with Gasteiger partial charge in [-0.25, -0.2) is 0 Å². The zero-order valence-electron chi connectivity index (χ0n) is 14.2. The van der Waals surface area contributed by atoms with Gasteiger partial charge in [0.25, 0.3) is 0 Å². The maximum absolute atomic E-state index is 2.29. The van der Waals surface area contributed by atoms with Gasteiger partial charge >= 0.3 is 17.1 Å². The molecule has 24 heavy (non-hydrogen) atoms. The molecule has 0 spiro atoms. The summed E-state index contributed by atoms with van der Waals surface area (Å²) in [6, 6.07) is 9.08. The van der Waals surface area contributed by atoms with E-state index < -0.39 is 0 Å². The van der Waals surface area contributed by atoms with Crippen LogP contribution < -0.4 is 0 Å². The maximum Gasteiger partial charge on any atom is 2.00 e. The first-order valence-electron chi connectivity index (χ1n) is 7.81. The molecule has 0 amide bonds. The van der Waals surface area contributed by atoms with E-state index in [-0.39, 0.29) is 17.1 Å². The van der Waals surface area contributed by atoms with Gasteiger partial charge in [-0.3, -0.25) is 0 Å². The van der Waals surface area contributed by atoms with Crippen molar-refractivity contribution in [1.82, 2.24) is 0 Å². The van der Waals surface area contributed by atoms with Crippen LogP contribution in [0.25, 0.3) is 0 Å². The predicted molar refractivity (Wildman–Crippen MR) is 107 cm³/mol. The summed E-state index contributed by atoms with van der Waals surface area (Å²) in [5.74, 6) is 4.39. The summed E-state index contributed by atoms with van der Waals surface area (Å²) in [7, 11) is 0. The fourth-order valence-corrected chi connectivity index (χ4v) is 4.05. The first-order chi connectivity index (χ1) is 11.3. The maximum atomic E-state index is 2.29. The Balaban J connectivity index is 0.000000412. The first-order valence-corrected chi connectivity index (χ1v) is 10.6. The van der Waals surface area contributed by atoms with Crippen LogP contribution in [-0.4, -0.2) is 24.0 Å². The van der Waals surface area contributed by atoms with Gasteiger partial charge in [0.05, 0.1) is 0 Å². The van der Waals surface area contributed by atoms with Gasteiger partial charge in [-0.2, -0.15) is 23.5 Å². The monoisotopic (exact) mass is 396 g/mol. The van der Waals surface area contributed by atoms with Crippen LogP contribution in [0.4, 0.5) is 0 Å². The van der Waals surface area contributed by atoms with Gasteiger partial charge in [0, 0.05) is 23.3 Å². The van der Waals surface area contributed by atoms with Crippen LogP contribution in [0.2, 0.25) is 0 Å². The fourth-order valence-electron chi connectivity index (χ4n) is 2.48. The molecule has 2 saturated carbocycles. The summed E-state index contributed by atoms with van der Waals surface area (Å²) >= 11 is 3.87. The number of rotatable bonds is 6. The van der Waals surface area contributed by atoms with E-state index in [1.165, 1.54) is 28.6 Å². The first kappa shape index (κ1) is 22.5. The van der Waals surface area contributed by atoms with E-state index >= 15 is 0 Å². The zero-order chi connectivity index (χ0) is 16.3. The van der Waals surface area contributed by atoms with Crippen LogP contribution in [0, 0.1) is 63.7 Å². The van der Waals surface area contributed by atoms with E-state index in [0.717, 1.165) is 0 Å². The Morgan fingerprint density at radius 2 is 1.17 bits per heavy atom. The zero-order valence-corrected chi connectivity index (χ0v) is 16.9. The van der Waals surface area contributed by atoms with Crippen molar-refractivity contribution in [1.29, 1.82) is 0 Å². The van der Waals surface area contributed by atoms with Crippen LogP contribution in [0.15, 0.2) is 24.3 Å². The minimum Gasteiger partial charge on any atom is -0.165 e. The molecule has 0 bridgehead atoms. The molecule has 0 aromatic heterocycles. The van der Waals surface area contributed by atoms with Crippen LogP contribution in [0.3, 0.4) is 0 Å². The van der Waals surface area contributed by atoms with E-state index in [1.54, 1.807) is 0 Å². The van der Waals surface area contributed by atoms with Crippen LogP contribution >= 0.6 is 23.5 Å².